The Kier molecular flexibility index (Phi) is 6.62. The molecule has 0 fully saturated rings. The summed E-state index contributed by atoms with van der Waals surface area (Å²) in [4.78, 5) is 23.2. The molecule has 0 aromatic heterocycles. The predicted molar refractivity (Wildman–Crippen MR) is 82.6 cm³/mol. The van der Waals surface area contributed by atoms with Gasteiger partial charge in [-0.05, 0) is 45.4 Å². The molecule has 0 radical (unpaired) electrons. The first-order chi connectivity index (χ1) is 11.0. The molecule has 0 aliphatic heterocycles. The van der Waals surface area contributed by atoms with Gasteiger partial charge in [0.05, 0.1) is 5.56 Å². The maximum atomic E-state index is 12.6. The number of carbonyl (C=O) groups is 2. The molecule has 0 saturated carbocycles. The molecule has 0 aliphatic rings. The van der Waals surface area contributed by atoms with Crippen LogP contribution >= 0.6 is 0 Å². The first-order valence-electron chi connectivity index (χ1n) is 7.41. The van der Waals surface area contributed by atoms with Gasteiger partial charge in [-0.2, -0.15) is 13.2 Å². The Morgan fingerprint density at radius 1 is 1.08 bits per heavy atom. The first kappa shape index (κ1) is 19.8. The van der Waals surface area contributed by atoms with Crippen molar-refractivity contribution in [3.8, 4) is 0 Å². The van der Waals surface area contributed by atoms with Gasteiger partial charge in [0, 0.05) is 18.7 Å². The third kappa shape index (κ3) is 7.34. The van der Waals surface area contributed by atoms with Gasteiger partial charge < -0.3 is 15.4 Å². The summed E-state index contributed by atoms with van der Waals surface area (Å²) in [6, 6.07) is 4.20. The van der Waals surface area contributed by atoms with Crippen LogP contribution in [-0.4, -0.2) is 30.7 Å². The molecule has 134 valence electrons. The Balaban J connectivity index is 2.36. The second-order valence-corrected chi connectivity index (χ2v) is 6.12. The van der Waals surface area contributed by atoms with Crippen LogP contribution in [0, 0.1) is 0 Å². The normalized spacial score (nSPS) is 11.8. The van der Waals surface area contributed by atoms with Crippen molar-refractivity contribution in [1.29, 1.82) is 0 Å². The van der Waals surface area contributed by atoms with Crippen molar-refractivity contribution in [2.45, 2.75) is 39.0 Å². The lowest BCUT2D eigenvalue weighted by Gasteiger charge is -2.19. The van der Waals surface area contributed by atoms with Gasteiger partial charge in [0.15, 0.2) is 0 Å². The molecule has 5 nitrogen and oxygen atoms in total. The summed E-state index contributed by atoms with van der Waals surface area (Å²) in [5, 5.41) is 5.02. The van der Waals surface area contributed by atoms with Crippen molar-refractivity contribution in [2.24, 2.45) is 0 Å². The number of nitrogens with one attached hydrogen (secondary N) is 2. The number of hydrogen-bond acceptors (Lipinski definition) is 3. The monoisotopic (exact) mass is 346 g/mol. The Labute approximate surface area is 138 Å². The number of ether oxygens (including phenoxy) is 1. The van der Waals surface area contributed by atoms with Crippen LogP contribution < -0.4 is 10.6 Å². The molecule has 0 saturated heterocycles. The largest absolute Gasteiger partial charge is 0.444 e. The van der Waals surface area contributed by atoms with E-state index in [2.05, 4.69) is 10.6 Å². The van der Waals surface area contributed by atoms with Gasteiger partial charge in [-0.25, -0.2) is 4.79 Å². The molecule has 2 N–H and O–H groups in total. The van der Waals surface area contributed by atoms with Crippen molar-refractivity contribution in [3.05, 3.63) is 35.4 Å². The summed E-state index contributed by atoms with van der Waals surface area (Å²) in [5.41, 5.74) is -1.53. The molecule has 0 spiro atoms. The Morgan fingerprint density at radius 3 is 2.29 bits per heavy atom. The van der Waals surface area contributed by atoms with Crippen LogP contribution in [0.5, 0.6) is 0 Å². The fourth-order valence-corrected chi connectivity index (χ4v) is 1.73. The highest BCUT2D eigenvalue weighted by Gasteiger charge is 2.30. The van der Waals surface area contributed by atoms with E-state index in [1.165, 1.54) is 12.1 Å². The third-order valence-electron chi connectivity index (χ3n) is 2.76. The topological polar surface area (TPSA) is 67.4 Å². The minimum Gasteiger partial charge on any atom is -0.444 e. The second kappa shape index (κ2) is 8.03. The molecule has 0 bridgehead atoms. The molecule has 8 heteroatoms. The van der Waals surface area contributed by atoms with Crippen LogP contribution in [0.2, 0.25) is 0 Å². The molecule has 1 rings (SSSR count). The highest BCUT2D eigenvalue weighted by atomic mass is 19.4. The fourth-order valence-electron chi connectivity index (χ4n) is 1.73. The van der Waals surface area contributed by atoms with E-state index in [9.17, 15) is 22.8 Å². The van der Waals surface area contributed by atoms with Gasteiger partial charge in [0.25, 0.3) is 5.91 Å². The molecule has 24 heavy (non-hydrogen) atoms. The smallest absolute Gasteiger partial charge is 0.416 e. The second-order valence-electron chi connectivity index (χ2n) is 6.12. The van der Waals surface area contributed by atoms with Gasteiger partial charge in [-0.3, -0.25) is 4.79 Å². The zero-order valence-corrected chi connectivity index (χ0v) is 13.8. The summed E-state index contributed by atoms with van der Waals surface area (Å²) in [7, 11) is 0. The van der Waals surface area contributed by atoms with Crippen LogP contribution in [0.4, 0.5) is 18.0 Å². The predicted octanol–water partition coefficient (Wildman–Crippen LogP) is 3.35. The number of alkyl carbamates (subject to hydrolysis) is 1. The van der Waals surface area contributed by atoms with Crippen LogP contribution in [0.15, 0.2) is 24.3 Å². The zero-order chi connectivity index (χ0) is 18.4. The number of hydrogen-bond donors (Lipinski definition) is 2. The molecular weight excluding hydrogens is 325 g/mol. The Hall–Kier alpha value is -2.25. The van der Waals surface area contributed by atoms with Gasteiger partial charge in [-0.1, -0.05) is 6.07 Å². The number of halogens is 3. The van der Waals surface area contributed by atoms with Crippen LogP contribution in [0.25, 0.3) is 0 Å². The summed E-state index contributed by atoms with van der Waals surface area (Å²) in [6.45, 7) is 5.70. The minimum atomic E-state index is -4.49. The average molecular weight is 346 g/mol. The van der Waals surface area contributed by atoms with E-state index in [1.807, 2.05) is 0 Å². The number of amides is 2. The molecule has 1 aromatic rings. The van der Waals surface area contributed by atoms with E-state index in [-0.39, 0.29) is 18.7 Å². The summed E-state index contributed by atoms with van der Waals surface area (Å²) < 4.78 is 42.8. The van der Waals surface area contributed by atoms with Crippen LogP contribution in [0.1, 0.15) is 43.1 Å². The Bertz CT molecular complexity index is 581. The lowest BCUT2D eigenvalue weighted by atomic mass is 10.1. The lowest BCUT2D eigenvalue weighted by Crippen LogP contribution is -2.34. The molecule has 1 aromatic carbocycles. The van der Waals surface area contributed by atoms with Gasteiger partial charge in [0.1, 0.15) is 5.60 Å². The van der Waals surface area contributed by atoms with Crippen LogP contribution in [-0.2, 0) is 10.9 Å². The van der Waals surface area contributed by atoms with E-state index < -0.39 is 29.3 Å². The van der Waals surface area contributed by atoms with Crippen molar-refractivity contribution in [2.75, 3.05) is 13.1 Å². The molecular formula is C16H21F3N2O3. The number of benzene rings is 1. The standard InChI is InChI=1S/C16H21F3N2O3/c1-15(2,3)24-14(23)21-9-5-8-20-13(22)11-6-4-7-12(10-11)16(17,18)19/h4,6-7,10H,5,8-9H2,1-3H3,(H,20,22)(H,21,23). The molecule has 0 heterocycles. The fraction of sp³-hybridized carbons (Fsp3) is 0.500. The maximum Gasteiger partial charge on any atom is 0.416 e. The minimum absolute atomic E-state index is 0.0649. The van der Waals surface area contributed by atoms with Crippen LogP contribution in [0.3, 0.4) is 0 Å². The van der Waals surface area contributed by atoms with E-state index in [1.54, 1.807) is 20.8 Å². The summed E-state index contributed by atoms with van der Waals surface area (Å²) in [6.07, 6.45) is -4.64. The maximum absolute atomic E-state index is 12.6. The SMILES string of the molecule is CC(C)(C)OC(=O)NCCCNC(=O)c1cccc(C(F)(F)F)c1. The zero-order valence-electron chi connectivity index (χ0n) is 13.8. The lowest BCUT2D eigenvalue weighted by molar-refractivity contribution is -0.137. The van der Waals surface area contributed by atoms with Gasteiger partial charge in [0.2, 0.25) is 0 Å². The van der Waals surface area contributed by atoms with E-state index in [0.717, 1.165) is 12.1 Å². The van der Waals surface area contributed by atoms with Gasteiger partial charge >= 0.3 is 12.3 Å². The van der Waals surface area contributed by atoms with Crippen molar-refractivity contribution >= 4 is 12.0 Å². The highest BCUT2D eigenvalue weighted by molar-refractivity contribution is 5.94. The van der Waals surface area contributed by atoms with Crippen molar-refractivity contribution in [3.63, 3.8) is 0 Å². The van der Waals surface area contributed by atoms with Crippen molar-refractivity contribution < 1.29 is 27.5 Å². The molecule has 0 unspecified atom stereocenters. The first-order valence-corrected chi connectivity index (χ1v) is 7.41. The molecule has 0 aliphatic carbocycles. The quantitative estimate of drug-likeness (QED) is 0.804. The number of alkyl halides is 3. The molecule has 2 amide bonds. The van der Waals surface area contributed by atoms with E-state index in [4.69, 9.17) is 4.74 Å². The molecule has 0 atom stereocenters. The number of carbonyl (C=O) groups excluding carboxylic acids is 2. The van der Waals surface area contributed by atoms with Gasteiger partial charge in [-0.15, -0.1) is 0 Å². The van der Waals surface area contributed by atoms with Crippen molar-refractivity contribution in [1.82, 2.24) is 10.6 Å². The third-order valence-corrected chi connectivity index (χ3v) is 2.76. The van der Waals surface area contributed by atoms with E-state index in [0.29, 0.717) is 6.42 Å². The number of rotatable bonds is 5. The Morgan fingerprint density at radius 2 is 1.71 bits per heavy atom. The summed E-state index contributed by atoms with van der Waals surface area (Å²) >= 11 is 0. The summed E-state index contributed by atoms with van der Waals surface area (Å²) in [5.74, 6) is -0.599. The average Bonchev–Trinajstić information content (AvgIpc) is 2.44. The van der Waals surface area contributed by atoms with E-state index >= 15 is 0 Å². The highest BCUT2D eigenvalue weighted by Crippen LogP contribution is 2.29.